The zero-order chi connectivity index (χ0) is 25.7. The standard InChI is InChI=1S/C28H23N3O6/c1-36-23-11-16(31(34)35)7-9-18(23)19-13-22-24(26-25(19)27(32)30-28(26)33)20-12-17(8-10-21(20)29-22)37-14-15-5-3-2-4-6-15/h2-12,19,29-30,32-33H,13-14H2,1H3. The molecule has 37 heavy (non-hydrogen) atoms. The van der Waals surface area contributed by atoms with E-state index in [1.807, 2.05) is 48.5 Å². The van der Waals surface area contributed by atoms with Gasteiger partial charge in [0.05, 0.1) is 23.7 Å². The molecule has 0 radical (unpaired) electrons. The van der Waals surface area contributed by atoms with Crippen LogP contribution in [0.5, 0.6) is 23.3 Å². The van der Waals surface area contributed by atoms with Gasteiger partial charge in [-0.15, -0.1) is 0 Å². The van der Waals surface area contributed by atoms with Crippen LogP contribution < -0.4 is 9.47 Å². The van der Waals surface area contributed by atoms with Crippen LogP contribution in [-0.4, -0.2) is 32.2 Å². The molecule has 0 fully saturated rings. The van der Waals surface area contributed by atoms with Crippen LogP contribution in [0.2, 0.25) is 0 Å². The van der Waals surface area contributed by atoms with Gasteiger partial charge in [-0.25, -0.2) is 0 Å². The fourth-order valence-corrected chi connectivity index (χ4v) is 5.25. The average molecular weight is 498 g/mol. The number of nitro benzene ring substituents is 1. The number of aromatic amines is 2. The molecule has 5 aromatic rings. The van der Waals surface area contributed by atoms with Crippen LogP contribution in [0.1, 0.15) is 28.3 Å². The number of rotatable bonds is 6. The number of nitrogens with one attached hydrogen (secondary N) is 2. The van der Waals surface area contributed by atoms with Crippen LogP contribution in [0.15, 0.2) is 66.7 Å². The normalized spacial score (nSPS) is 14.2. The molecule has 9 heteroatoms. The summed E-state index contributed by atoms with van der Waals surface area (Å²) in [6.07, 6.45) is 0.455. The van der Waals surface area contributed by atoms with Crippen LogP contribution in [0.25, 0.3) is 22.0 Å². The van der Waals surface area contributed by atoms with Gasteiger partial charge >= 0.3 is 0 Å². The van der Waals surface area contributed by atoms with Crippen LogP contribution in [-0.2, 0) is 13.0 Å². The third kappa shape index (κ3) is 3.72. The fourth-order valence-electron chi connectivity index (χ4n) is 5.25. The second-order valence-corrected chi connectivity index (χ2v) is 9.01. The number of nitro groups is 1. The summed E-state index contributed by atoms with van der Waals surface area (Å²) in [5.41, 5.74) is 5.12. The van der Waals surface area contributed by atoms with Crippen LogP contribution in [0.4, 0.5) is 5.69 Å². The van der Waals surface area contributed by atoms with Gasteiger partial charge in [0.1, 0.15) is 18.1 Å². The monoisotopic (exact) mass is 497 g/mol. The lowest BCUT2D eigenvalue weighted by Gasteiger charge is -2.25. The van der Waals surface area contributed by atoms with Crippen molar-refractivity contribution >= 4 is 16.6 Å². The van der Waals surface area contributed by atoms with Gasteiger partial charge in [0.25, 0.3) is 5.69 Å². The van der Waals surface area contributed by atoms with E-state index in [9.17, 15) is 20.3 Å². The maximum Gasteiger partial charge on any atom is 0.273 e. The Morgan fingerprint density at radius 3 is 2.57 bits per heavy atom. The molecule has 186 valence electrons. The van der Waals surface area contributed by atoms with Crippen molar-refractivity contribution in [3.8, 4) is 34.4 Å². The smallest absolute Gasteiger partial charge is 0.273 e. The molecule has 0 saturated carbocycles. The molecule has 9 nitrogen and oxygen atoms in total. The first kappa shape index (κ1) is 22.5. The second kappa shape index (κ2) is 8.63. The predicted molar refractivity (Wildman–Crippen MR) is 137 cm³/mol. The number of aromatic nitrogens is 2. The lowest BCUT2D eigenvalue weighted by Crippen LogP contribution is -2.12. The highest BCUT2D eigenvalue weighted by Crippen LogP contribution is 2.54. The summed E-state index contributed by atoms with van der Waals surface area (Å²) in [5.74, 6) is 0.280. The first-order chi connectivity index (χ1) is 17.9. The lowest BCUT2D eigenvalue weighted by molar-refractivity contribution is -0.384. The molecule has 2 heterocycles. The number of methoxy groups -OCH3 is 1. The van der Waals surface area contributed by atoms with Crippen LogP contribution in [0.3, 0.4) is 0 Å². The quantitative estimate of drug-likeness (QED) is 0.174. The summed E-state index contributed by atoms with van der Waals surface area (Å²) < 4.78 is 11.5. The van der Waals surface area contributed by atoms with Gasteiger partial charge in [-0.1, -0.05) is 30.3 Å². The number of aromatic hydroxyl groups is 2. The van der Waals surface area contributed by atoms with E-state index in [1.54, 1.807) is 6.07 Å². The number of fused-ring (bicyclic) bond motifs is 5. The average Bonchev–Trinajstić information content (AvgIpc) is 3.42. The minimum Gasteiger partial charge on any atom is -0.496 e. The third-order valence-corrected chi connectivity index (χ3v) is 6.90. The number of benzene rings is 3. The summed E-state index contributed by atoms with van der Waals surface area (Å²) in [6, 6.07) is 20.0. The van der Waals surface area contributed by atoms with Gasteiger partial charge in [-0.05, 0) is 36.2 Å². The van der Waals surface area contributed by atoms with Gasteiger partial charge in [0.15, 0.2) is 11.8 Å². The predicted octanol–water partition coefficient (Wildman–Crippen LogP) is 5.76. The molecule has 0 saturated heterocycles. The van der Waals surface area contributed by atoms with Crippen molar-refractivity contribution in [1.29, 1.82) is 0 Å². The Bertz CT molecular complexity index is 1650. The van der Waals surface area contributed by atoms with E-state index in [0.29, 0.717) is 41.2 Å². The molecular weight excluding hydrogens is 474 g/mol. The van der Waals surface area contributed by atoms with Crippen LogP contribution in [0, 0.1) is 10.1 Å². The Balaban J connectivity index is 1.45. The van der Waals surface area contributed by atoms with E-state index >= 15 is 0 Å². The minimum atomic E-state index is -0.481. The molecule has 1 unspecified atom stereocenters. The van der Waals surface area contributed by atoms with E-state index in [2.05, 4.69) is 9.97 Å². The highest BCUT2D eigenvalue weighted by molar-refractivity contribution is 6.02. The van der Waals surface area contributed by atoms with E-state index in [0.717, 1.165) is 27.7 Å². The number of H-pyrrole nitrogens is 2. The van der Waals surface area contributed by atoms with Crippen molar-refractivity contribution < 1.29 is 24.6 Å². The van der Waals surface area contributed by atoms with E-state index in [4.69, 9.17) is 9.47 Å². The first-order valence-corrected chi connectivity index (χ1v) is 11.7. The van der Waals surface area contributed by atoms with Crippen molar-refractivity contribution in [3.63, 3.8) is 0 Å². The Kier molecular flexibility index (Phi) is 5.26. The van der Waals surface area contributed by atoms with Crippen molar-refractivity contribution in [3.05, 3.63) is 99.2 Å². The van der Waals surface area contributed by atoms with Gasteiger partial charge in [-0.2, -0.15) is 0 Å². The number of ether oxygens (including phenoxy) is 2. The van der Waals surface area contributed by atoms with E-state index in [1.165, 1.54) is 19.2 Å². The molecule has 1 atom stereocenters. The summed E-state index contributed by atoms with van der Waals surface area (Å²) in [6.45, 7) is 0.419. The van der Waals surface area contributed by atoms with Crippen molar-refractivity contribution in [2.45, 2.75) is 18.9 Å². The molecule has 2 aromatic heterocycles. The highest BCUT2D eigenvalue weighted by Gasteiger charge is 2.37. The van der Waals surface area contributed by atoms with Crippen molar-refractivity contribution in [2.75, 3.05) is 7.11 Å². The molecular formula is C28H23N3O6. The molecule has 6 rings (SSSR count). The van der Waals surface area contributed by atoms with E-state index in [-0.39, 0.29) is 17.4 Å². The fraction of sp³-hybridized carbons (Fsp3) is 0.143. The van der Waals surface area contributed by atoms with Crippen molar-refractivity contribution in [1.82, 2.24) is 9.97 Å². The Hall–Kier alpha value is -4.92. The number of hydrogen-bond acceptors (Lipinski definition) is 6. The van der Waals surface area contributed by atoms with Gasteiger partial charge in [0.2, 0.25) is 0 Å². The largest absolute Gasteiger partial charge is 0.496 e. The maximum atomic E-state index is 11.3. The number of non-ortho nitro benzene ring substituents is 1. The van der Waals surface area contributed by atoms with Crippen molar-refractivity contribution in [2.24, 2.45) is 0 Å². The Labute approximate surface area is 211 Å². The molecule has 0 spiro atoms. The highest BCUT2D eigenvalue weighted by atomic mass is 16.6. The molecule has 0 aliphatic heterocycles. The molecule has 0 bridgehead atoms. The van der Waals surface area contributed by atoms with E-state index < -0.39 is 10.8 Å². The molecule has 1 aliphatic rings. The Morgan fingerprint density at radius 2 is 1.81 bits per heavy atom. The summed E-state index contributed by atoms with van der Waals surface area (Å²) >= 11 is 0. The summed E-state index contributed by atoms with van der Waals surface area (Å²) in [7, 11) is 1.45. The topological polar surface area (TPSA) is 134 Å². The van der Waals surface area contributed by atoms with Gasteiger partial charge in [-0.3, -0.25) is 15.1 Å². The maximum absolute atomic E-state index is 11.3. The van der Waals surface area contributed by atoms with Crippen LogP contribution >= 0.6 is 0 Å². The second-order valence-electron chi connectivity index (χ2n) is 9.01. The molecule has 4 N–H and O–H groups in total. The third-order valence-electron chi connectivity index (χ3n) is 6.90. The summed E-state index contributed by atoms with van der Waals surface area (Å²) in [4.78, 5) is 16.9. The lowest BCUT2D eigenvalue weighted by atomic mass is 9.78. The molecule has 3 aromatic carbocycles. The number of hydrogen-bond donors (Lipinski definition) is 4. The Morgan fingerprint density at radius 1 is 1.00 bits per heavy atom. The molecule has 0 amide bonds. The minimum absolute atomic E-state index is 0.0906. The van der Waals surface area contributed by atoms with Gasteiger partial charge < -0.3 is 24.7 Å². The number of nitrogens with zero attached hydrogens (tertiary/aromatic N) is 1. The zero-order valence-electron chi connectivity index (χ0n) is 19.8. The van der Waals surface area contributed by atoms with Gasteiger partial charge in [0, 0.05) is 45.3 Å². The first-order valence-electron chi connectivity index (χ1n) is 11.7. The molecule has 1 aliphatic carbocycles. The zero-order valence-corrected chi connectivity index (χ0v) is 19.8. The SMILES string of the molecule is COc1cc([N+](=O)[O-])ccc1C1Cc2[nH]c3ccc(OCc4ccccc4)cc3c2-c2c(O)[nH]c(O)c21. The summed E-state index contributed by atoms with van der Waals surface area (Å²) in [5, 5.41) is 33.8.